The van der Waals surface area contributed by atoms with Gasteiger partial charge in [0, 0.05) is 31.9 Å². The number of urea groups is 1. The number of nitrogens with one attached hydrogen (secondary N) is 1. The Labute approximate surface area is 205 Å². The summed E-state index contributed by atoms with van der Waals surface area (Å²) in [6.45, 7) is 6.75. The zero-order valence-electron chi connectivity index (χ0n) is 19.5. The minimum Gasteiger partial charge on any atom is -0.368 e. The maximum atomic E-state index is 13.0. The molecule has 2 heterocycles. The summed E-state index contributed by atoms with van der Waals surface area (Å²) in [4.78, 5) is 21.3. The third-order valence-corrected chi connectivity index (χ3v) is 6.93. The molecule has 1 atom stereocenters. The van der Waals surface area contributed by atoms with Crippen LogP contribution in [0.15, 0.2) is 48.8 Å². The molecule has 0 radical (unpaired) electrons. The lowest BCUT2D eigenvalue weighted by Gasteiger charge is -2.37. The highest BCUT2D eigenvalue weighted by Gasteiger charge is 2.24. The fraction of sp³-hybridized carbons (Fsp3) is 0.346. The average molecular weight is 477 g/mol. The van der Waals surface area contributed by atoms with Crippen LogP contribution in [0.5, 0.6) is 0 Å². The summed E-state index contributed by atoms with van der Waals surface area (Å²) in [6.07, 6.45) is 8.14. The van der Waals surface area contributed by atoms with Gasteiger partial charge in [-0.1, -0.05) is 42.0 Å². The second kappa shape index (κ2) is 9.50. The van der Waals surface area contributed by atoms with Gasteiger partial charge in [-0.05, 0) is 61.6 Å². The number of fused-ring (bicyclic) bond motifs is 1. The summed E-state index contributed by atoms with van der Waals surface area (Å²) in [6, 6.07) is 12.3. The van der Waals surface area contributed by atoms with E-state index in [-0.39, 0.29) is 12.1 Å². The fourth-order valence-electron chi connectivity index (χ4n) is 4.77. The molecule has 1 fully saturated rings. The van der Waals surface area contributed by atoms with Crippen LogP contribution < -0.4 is 10.2 Å². The van der Waals surface area contributed by atoms with E-state index in [0.29, 0.717) is 23.9 Å². The molecule has 3 aromatic rings. The molecule has 1 aliphatic heterocycles. The molecule has 2 aliphatic rings. The molecule has 2 amide bonds. The second-order valence-electron chi connectivity index (χ2n) is 8.87. The topological polar surface area (TPSA) is 66.3 Å². The fourth-order valence-corrected chi connectivity index (χ4v) is 5.04. The van der Waals surface area contributed by atoms with Crippen LogP contribution in [0.2, 0.25) is 5.02 Å². The van der Waals surface area contributed by atoms with Crippen molar-refractivity contribution in [1.29, 1.82) is 0 Å². The van der Waals surface area contributed by atoms with Gasteiger partial charge in [0.15, 0.2) is 0 Å². The van der Waals surface area contributed by atoms with Crippen molar-refractivity contribution in [1.82, 2.24) is 25.0 Å². The van der Waals surface area contributed by atoms with Crippen LogP contribution in [-0.2, 0) is 6.42 Å². The van der Waals surface area contributed by atoms with Crippen molar-refractivity contribution in [2.45, 2.75) is 32.7 Å². The summed E-state index contributed by atoms with van der Waals surface area (Å²) in [5.74, 6) is 0.702. The number of piperazine rings is 1. The van der Waals surface area contributed by atoms with Gasteiger partial charge in [0.25, 0.3) is 0 Å². The molecule has 176 valence electrons. The lowest BCUT2D eigenvalue weighted by Crippen LogP contribution is -2.52. The smallest absolute Gasteiger partial charge is 0.317 e. The minimum atomic E-state index is -0.0289. The number of aryl methyl sites for hydroxylation is 1. The number of anilines is 1. The van der Waals surface area contributed by atoms with Gasteiger partial charge in [0.2, 0.25) is 0 Å². The number of carbonyl (C=O) groups is 1. The lowest BCUT2D eigenvalue weighted by molar-refractivity contribution is 0.191. The maximum Gasteiger partial charge on any atom is 0.317 e. The first-order valence-corrected chi connectivity index (χ1v) is 12.1. The first-order chi connectivity index (χ1) is 16.5. The van der Waals surface area contributed by atoms with Gasteiger partial charge < -0.3 is 15.1 Å². The largest absolute Gasteiger partial charge is 0.368 e. The number of hydrogen-bond acceptors (Lipinski definition) is 4. The first-order valence-electron chi connectivity index (χ1n) is 11.8. The molecule has 7 nitrogen and oxygen atoms in total. The molecule has 2 aromatic carbocycles. The summed E-state index contributed by atoms with van der Waals surface area (Å²) < 4.78 is 1.69. The summed E-state index contributed by atoms with van der Waals surface area (Å²) in [5, 5.41) is 8.17. The molecule has 8 heteroatoms. The second-order valence-corrected chi connectivity index (χ2v) is 9.28. The van der Waals surface area contributed by atoms with Crippen LogP contribution in [0.1, 0.15) is 41.9 Å². The maximum absolute atomic E-state index is 13.0. The molecule has 0 saturated carbocycles. The summed E-state index contributed by atoms with van der Waals surface area (Å²) >= 11 is 6.54. The number of carbonyl (C=O) groups excluding carboxylic acids is 1. The number of amides is 2. The lowest BCUT2D eigenvalue weighted by atomic mass is 9.90. The number of allylic oxidation sites excluding steroid dienone is 1. The molecule has 5 rings (SSSR count). The van der Waals surface area contributed by atoms with Crippen LogP contribution in [0.3, 0.4) is 0 Å². The standard InChI is InChI=1S/C26H29ClN6O/c1-18(22-9-5-7-20-6-3-4-8-23(20)22)29-26(34)32-14-12-31(13-15-32)21-10-11-25(24(27)16-21)33-17-28-19(2)30-33/h3,5-7,9-11,16-18H,4,8,12-15H2,1-2H3,(H,29,34). The molecule has 1 N–H and O–H groups in total. The quantitative estimate of drug-likeness (QED) is 0.588. The number of halogens is 1. The average Bonchev–Trinajstić information content (AvgIpc) is 3.29. The highest BCUT2D eigenvalue weighted by Crippen LogP contribution is 2.28. The van der Waals surface area contributed by atoms with E-state index in [9.17, 15) is 4.79 Å². The van der Waals surface area contributed by atoms with Gasteiger partial charge >= 0.3 is 6.03 Å². The van der Waals surface area contributed by atoms with Crippen LogP contribution in [0, 0.1) is 6.92 Å². The highest BCUT2D eigenvalue weighted by molar-refractivity contribution is 6.32. The van der Waals surface area contributed by atoms with Crippen LogP contribution >= 0.6 is 11.6 Å². The molecule has 0 bridgehead atoms. The Bertz CT molecular complexity index is 1230. The van der Waals surface area contributed by atoms with Gasteiger partial charge in [-0.2, -0.15) is 5.10 Å². The van der Waals surface area contributed by atoms with Gasteiger partial charge in [-0.15, -0.1) is 0 Å². The minimum absolute atomic E-state index is 0.00830. The molecule has 34 heavy (non-hydrogen) atoms. The normalized spacial score (nSPS) is 16.3. The van der Waals surface area contributed by atoms with Crippen LogP contribution in [0.25, 0.3) is 11.8 Å². The van der Waals surface area contributed by atoms with Crippen molar-refractivity contribution in [2.24, 2.45) is 0 Å². The van der Waals surface area contributed by atoms with Gasteiger partial charge in [0.05, 0.1) is 16.8 Å². The number of hydrogen-bond donors (Lipinski definition) is 1. The van der Waals surface area contributed by atoms with E-state index in [1.807, 2.05) is 30.0 Å². The Morgan fingerprint density at radius 1 is 1.15 bits per heavy atom. The molecule has 1 saturated heterocycles. The molecule has 1 unspecified atom stereocenters. The Balaban J connectivity index is 1.20. The Kier molecular flexibility index (Phi) is 6.28. The number of rotatable bonds is 4. The zero-order valence-corrected chi connectivity index (χ0v) is 20.3. The van der Waals surface area contributed by atoms with E-state index in [4.69, 9.17) is 11.6 Å². The molecular formula is C26H29ClN6O. The Morgan fingerprint density at radius 3 is 2.71 bits per heavy atom. The monoisotopic (exact) mass is 476 g/mol. The van der Waals surface area contributed by atoms with Crippen molar-refractivity contribution in [3.8, 4) is 5.69 Å². The van der Waals surface area contributed by atoms with E-state index in [2.05, 4.69) is 57.6 Å². The first kappa shape index (κ1) is 22.5. The van der Waals surface area contributed by atoms with E-state index < -0.39 is 0 Å². The van der Waals surface area contributed by atoms with Crippen LogP contribution in [-0.4, -0.2) is 51.9 Å². The zero-order chi connectivity index (χ0) is 23.7. The van der Waals surface area contributed by atoms with Gasteiger partial charge in [-0.3, -0.25) is 0 Å². The molecular weight excluding hydrogens is 448 g/mol. The van der Waals surface area contributed by atoms with Gasteiger partial charge in [-0.25, -0.2) is 14.5 Å². The molecule has 0 spiro atoms. The summed E-state index contributed by atoms with van der Waals surface area (Å²) in [7, 11) is 0. The Hall–Kier alpha value is -3.32. The third-order valence-electron chi connectivity index (χ3n) is 6.63. The number of nitrogens with zero attached hydrogens (tertiary/aromatic N) is 5. The SMILES string of the molecule is Cc1ncn(-c2ccc(N3CCN(C(=O)NC(C)c4cccc5c4CCC=C5)CC3)cc2Cl)n1. The molecule has 1 aromatic heterocycles. The van der Waals surface area contributed by atoms with Crippen molar-refractivity contribution in [3.05, 3.63) is 76.3 Å². The van der Waals surface area contributed by atoms with Crippen LogP contribution in [0.4, 0.5) is 10.5 Å². The van der Waals surface area contributed by atoms with Crippen molar-refractivity contribution < 1.29 is 4.79 Å². The van der Waals surface area contributed by atoms with E-state index in [1.165, 1.54) is 16.7 Å². The number of benzene rings is 2. The molecule has 1 aliphatic carbocycles. The number of aromatic nitrogens is 3. The van der Waals surface area contributed by atoms with E-state index >= 15 is 0 Å². The Morgan fingerprint density at radius 2 is 1.97 bits per heavy atom. The predicted octanol–water partition coefficient (Wildman–Crippen LogP) is 4.78. The highest BCUT2D eigenvalue weighted by atomic mass is 35.5. The summed E-state index contributed by atoms with van der Waals surface area (Å²) in [5.41, 5.74) is 5.68. The van der Waals surface area contributed by atoms with E-state index in [1.54, 1.807) is 11.0 Å². The van der Waals surface area contributed by atoms with E-state index in [0.717, 1.165) is 37.3 Å². The third kappa shape index (κ3) is 4.53. The van der Waals surface area contributed by atoms with Crippen molar-refractivity contribution >= 4 is 29.4 Å². The van der Waals surface area contributed by atoms with Crippen molar-refractivity contribution in [2.75, 3.05) is 31.1 Å². The van der Waals surface area contributed by atoms with Crippen molar-refractivity contribution in [3.63, 3.8) is 0 Å². The van der Waals surface area contributed by atoms with Gasteiger partial charge in [0.1, 0.15) is 12.2 Å². The predicted molar refractivity (Wildman–Crippen MR) is 136 cm³/mol.